The van der Waals surface area contributed by atoms with Crippen molar-refractivity contribution < 1.29 is 27.1 Å². The monoisotopic (exact) mass is 355 g/mol. The summed E-state index contributed by atoms with van der Waals surface area (Å²) in [4.78, 5) is 10.6. The van der Waals surface area contributed by atoms with E-state index in [-0.39, 0.29) is 17.7 Å². The Kier molecular flexibility index (Phi) is 5.63. The van der Waals surface area contributed by atoms with Crippen LogP contribution in [0.25, 0.3) is 0 Å². The third-order valence-electron chi connectivity index (χ3n) is 3.34. The van der Waals surface area contributed by atoms with E-state index in [1.165, 1.54) is 12.1 Å². The lowest BCUT2D eigenvalue weighted by molar-refractivity contribution is -0.137. The highest BCUT2D eigenvalue weighted by Gasteiger charge is 2.22. The average Bonchev–Trinajstić information content (AvgIpc) is 2.52. The van der Waals surface area contributed by atoms with Gasteiger partial charge in [-0.25, -0.2) is 21.9 Å². The molecule has 2 aromatic rings. The summed E-state index contributed by atoms with van der Waals surface area (Å²) in [5, 5.41) is 8.82. The summed E-state index contributed by atoms with van der Waals surface area (Å²) in [7, 11) is -3.99. The van der Waals surface area contributed by atoms with Crippen LogP contribution in [-0.2, 0) is 14.8 Å². The highest BCUT2D eigenvalue weighted by Crippen LogP contribution is 2.22. The molecule has 0 aliphatic carbocycles. The second-order valence-corrected chi connectivity index (χ2v) is 6.83. The molecule has 8 heteroatoms. The maximum Gasteiger partial charge on any atom is 0.303 e. The maximum absolute atomic E-state index is 13.0. The van der Waals surface area contributed by atoms with E-state index in [0.717, 1.165) is 36.4 Å². The van der Waals surface area contributed by atoms with Crippen molar-refractivity contribution in [3.63, 3.8) is 0 Å². The Morgan fingerprint density at radius 2 is 1.50 bits per heavy atom. The first kappa shape index (κ1) is 18.0. The topological polar surface area (TPSA) is 83.5 Å². The normalized spacial score (nSPS) is 12.8. The molecular weight excluding hydrogens is 340 g/mol. The fourth-order valence-corrected chi connectivity index (χ4v) is 3.38. The van der Waals surface area contributed by atoms with Crippen molar-refractivity contribution in [3.8, 4) is 0 Å². The largest absolute Gasteiger partial charge is 0.481 e. The SMILES string of the molecule is O=C(O)CCC(NS(=O)(=O)c1ccc(F)cc1)c1ccc(F)cc1. The van der Waals surface area contributed by atoms with E-state index in [2.05, 4.69) is 4.72 Å². The standard InChI is InChI=1S/C16H15F2NO4S/c17-12-3-1-11(2-4-12)15(9-10-16(20)21)19-24(22,23)14-7-5-13(18)6-8-14/h1-8,15,19H,9-10H2,(H,20,21). The smallest absolute Gasteiger partial charge is 0.303 e. The van der Waals surface area contributed by atoms with Crippen LogP contribution in [0.5, 0.6) is 0 Å². The molecule has 2 rings (SSSR count). The highest BCUT2D eigenvalue weighted by atomic mass is 32.2. The van der Waals surface area contributed by atoms with Gasteiger partial charge in [0.25, 0.3) is 0 Å². The van der Waals surface area contributed by atoms with Crippen molar-refractivity contribution in [1.29, 1.82) is 0 Å². The van der Waals surface area contributed by atoms with Crippen LogP contribution in [0, 0.1) is 11.6 Å². The lowest BCUT2D eigenvalue weighted by Crippen LogP contribution is -2.29. The Morgan fingerprint density at radius 1 is 1.00 bits per heavy atom. The van der Waals surface area contributed by atoms with Crippen LogP contribution in [0.1, 0.15) is 24.4 Å². The minimum atomic E-state index is -3.99. The van der Waals surface area contributed by atoms with Crippen LogP contribution >= 0.6 is 0 Å². The zero-order valence-electron chi connectivity index (χ0n) is 12.4. The zero-order valence-corrected chi connectivity index (χ0v) is 13.3. The molecule has 24 heavy (non-hydrogen) atoms. The summed E-state index contributed by atoms with van der Waals surface area (Å²) in [6, 6.07) is 8.48. The van der Waals surface area contributed by atoms with Gasteiger partial charge in [-0.3, -0.25) is 4.79 Å². The van der Waals surface area contributed by atoms with Crippen LogP contribution in [0.15, 0.2) is 53.4 Å². The number of carboxylic acids is 1. The number of carboxylic acid groups (broad SMARTS) is 1. The molecule has 0 radical (unpaired) electrons. The van der Waals surface area contributed by atoms with Crippen molar-refractivity contribution in [1.82, 2.24) is 4.72 Å². The van der Waals surface area contributed by atoms with Crippen molar-refractivity contribution in [2.24, 2.45) is 0 Å². The van der Waals surface area contributed by atoms with Gasteiger partial charge in [-0.2, -0.15) is 0 Å². The number of sulfonamides is 1. The number of halogens is 2. The molecule has 0 amide bonds. The van der Waals surface area contributed by atoms with E-state index in [1.54, 1.807) is 0 Å². The minimum Gasteiger partial charge on any atom is -0.481 e. The molecule has 128 valence electrons. The van der Waals surface area contributed by atoms with E-state index in [4.69, 9.17) is 5.11 Å². The number of carbonyl (C=O) groups is 1. The third-order valence-corrected chi connectivity index (χ3v) is 4.83. The average molecular weight is 355 g/mol. The van der Waals surface area contributed by atoms with Gasteiger partial charge < -0.3 is 5.11 Å². The van der Waals surface area contributed by atoms with Gasteiger partial charge in [0.1, 0.15) is 11.6 Å². The molecule has 0 spiro atoms. The van der Waals surface area contributed by atoms with Gasteiger partial charge in [0, 0.05) is 12.5 Å². The fourth-order valence-electron chi connectivity index (χ4n) is 2.13. The predicted molar refractivity (Wildman–Crippen MR) is 82.7 cm³/mol. The van der Waals surface area contributed by atoms with E-state index < -0.39 is 33.7 Å². The number of hydrogen-bond acceptors (Lipinski definition) is 3. The van der Waals surface area contributed by atoms with Gasteiger partial charge in [-0.1, -0.05) is 12.1 Å². The Hall–Kier alpha value is -2.32. The molecule has 0 aromatic heterocycles. The van der Waals surface area contributed by atoms with Gasteiger partial charge in [0.15, 0.2) is 0 Å². The second-order valence-electron chi connectivity index (χ2n) is 5.11. The molecule has 0 aliphatic rings. The Morgan fingerprint density at radius 3 is 2.00 bits per heavy atom. The number of aliphatic carboxylic acids is 1. The van der Waals surface area contributed by atoms with Gasteiger partial charge in [0.05, 0.1) is 4.90 Å². The van der Waals surface area contributed by atoms with Crippen molar-refractivity contribution in [3.05, 3.63) is 65.7 Å². The first-order chi connectivity index (χ1) is 11.3. The Bertz CT molecular complexity index is 805. The maximum atomic E-state index is 13.0. The molecule has 0 fully saturated rings. The second kappa shape index (κ2) is 7.50. The summed E-state index contributed by atoms with van der Waals surface area (Å²) in [6.07, 6.45) is -0.282. The first-order valence-electron chi connectivity index (χ1n) is 7.03. The van der Waals surface area contributed by atoms with Crippen molar-refractivity contribution >= 4 is 16.0 Å². The number of hydrogen-bond donors (Lipinski definition) is 2. The van der Waals surface area contributed by atoms with E-state index in [9.17, 15) is 22.0 Å². The first-order valence-corrected chi connectivity index (χ1v) is 8.51. The molecule has 2 N–H and O–H groups in total. The molecule has 0 saturated heterocycles. The van der Waals surface area contributed by atoms with Crippen molar-refractivity contribution in [2.75, 3.05) is 0 Å². The minimum absolute atomic E-state index is 0.0125. The highest BCUT2D eigenvalue weighted by molar-refractivity contribution is 7.89. The third kappa shape index (κ3) is 4.84. The fraction of sp³-hybridized carbons (Fsp3) is 0.188. The summed E-state index contributed by atoms with van der Waals surface area (Å²) >= 11 is 0. The predicted octanol–water partition coefficient (Wildman–Crippen LogP) is 2.85. The number of benzene rings is 2. The summed E-state index contributed by atoms with van der Waals surface area (Å²) in [5.41, 5.74) is 0.434. The van der Waals surface area contributed by atoms with Gasteiger partial charge in [-0.05, 0) is 48.4 Å². The molecule has 2 aromatic carbocycles. The molecule has 5 nitrogen and oxygen atoms in total. The van der Waals surface area contributed by atoms with E-state index in [0.29, 0.717) is 5.56 Å². The Labute approximate surface area is 138 Å². The summed E-state index contributed by atoms with van der Waals surface area (Å²) in [5.74, 6) is -2.14. The lowest BCUT2D eigenvalue weighted by Gasteiger charge is -2.18. The molecule has 1 unspecified atom stereocenters. The van der Waals surface area contributed by atoms with Gasteiger partial charge >= 0.3 is 5.97 Å². The van der Waals surface area contributed by atoms with Crippen LogP contribution in [-0.4, -0.2) is 19.5 Å². The molecule has 0 saturated carbocycles. The molecule has 0 heterocycles. The van der Waals surface area contributed by atoms with Crippen LogP contribution in [0.4, 0.5) is 8.78 Å². The molecular formula is C16H15F2NO4S. The van der Waals surface area contributed by atoms with E-state index in [1.807, 2.05) is 0 Å². The number of nitrogens with one attached hydrogen (secondary N) is 1. The lowest BCUT2D eigenvalue weighted by atomic mass is 10.0. The van der Waals surface area contributed by atoms with Gasteiger partial charge in [0.2, 0.25) is 10.0 Å². The quantitative estimate of drug-likeness (QED) is 0.800. The van der Waals surface area contributed by atoms with Crippen LogP contribution in [0.2, 0.25) is 0 Å². The van der Waals surface area contributed by atoms with Crippen LogP contribution < -0.4 is 4.72 Å². The van der Waals surface area contributed by atoms with E-state index >= 15 is 0 Å². The molecule has 0 aliphatic heterocycles. The zero-order chi connectivity index (χ0) is 17.7. The number of rotatable bonds is 7. The van der Waals surface area contributed by atoms with Crippen molar-refractivity contribution in [2.45, 2.75) is 23.8 Å². The molecule has 1 atom stereocenters. The van der Waals surface area contributed by atoms with Crippen LogP contribution in [0.3, 0.4) is 0 Å². The Balaban J connectivity index is 2.27. The summed E-state index contributed by atoms with van der Waals surface area (Å²) < 4.78 is 53.1. The van der Waals surface area contributed by atoms with Gasteiger partial charge in [-0.15, -0.1) is 0 Å². The summed E-state index contributed by atoms with van der Waals surface area (Å²) in [6.45, 7) is 0. The molecule has 0 bridgehead atoms.